The molecular weight excluding hydrogens is 462 g/mol. The van der Waals surface area contributed by atoms with E-state index in [1.54, 1.807) is 30.3 Å². The van der Waals surface area contributed by atoms with Crippen LogP contribution in [-0.2, 0) is 16.4 Å². The molecule has 0 saturated carbocycles. The van der Waals surface area contributed by atoms with Gasteiger partial charge >= 0.3 is 5.97 Å². The minimum absolute atomic E-state index is 0.0271. The number of nitrogens with one attached hydrogen (secondary N) is 1. The summed E-state index contributed by atoms with van der Waals surface area (Å²) >= 11 is 0. The van der Waals surface area contributed by atoms with E-state index in [1.807, 2.05) is 13.0 Å². The zero-order valence-corrected chi connectivity index (χ0v) is 21.0. The molecule has 0 unspecified atom stereocenters. The number of carboxylic acids is 1. The van der Waals surface area contributed by atoms with Crippen molar-refractivity contribution in [3.05, 3.63) is 83.4 Å². The second-order valence-corrected chi connectivity index (χ2v) is 10.6. The van der Waals surface area contributed by atoms with Gasteiger partial charge in [0.15, 0.2) is 0 Å². The topological polar surface area (TPSA) is 89.9 Å². The van der Waals surface area contributed by atoms with E-state index in [4.69, 9.17) is 0 Å². The molecule has 1 atom stereocenters. The molecule has 3 aromatic carbocycles. The van der Waals surface area contributed by atoms with Crippen molar-refractivity contribution in [2.24, 2.45) is 0 Å². The van der Waals surface area contributed by atoms with Crippen molar-refractivity contribution in [1.29, 1.82) is 0 Å². The summed E-state index contributed by atoms with van der Waals surface area (Å²) in [6, 6.07) is 19.9. The average molecular weight is 494 g/mol. The van der Waals surface area contributed by atoms with E-state index in [2.05, 4.69) is 46.6 Å². The number of nitrogens with zero attached hydrogens (tertiary/aromatic N) is 2. The van der Waals surface area contributed by atoms with Gasteiger partial charge in [0.25, 0.3) is 10.0 Å². The smallest absolute Gasteiger partial charge is 0.335 e. The summed E-state index contributed by atoms with van der Waals surface area (Å²) in [4.78, 5) is 16.2. The van der Waals surface area contributed by atoms with Crippen LogP contribution in [0.1, 0.15) is 35.3 Å². The molecule has 1 fully saturated rings. The molecule has 0 amide bonds. The van der Waals surface area contributed by atoms with Crippen LogP contribution in [0.15, 0.2) is 71.6 Å². The van der Waals surface area contributed by atoms with E-state index in [1.165, 1.54) is 17.7 Å². The Morgan fingerprint density at radius 2 is 1.80 bits per heavy atom. The molecule has 1 saturated heterocycles. The molecule has 1 aliphatic rings. The van der Waals surface area contributed by atoms with Crippen LogP contribution in [0.25, 0.3) is 0 Å². The molecule has 2 N–H and O–H groups in total. The van der Waals surface area contributed by atoms with Crippen LogP contribution in [0, 0.1) is 6.92 Å². The molecule has 0 aliphatic carbocycles. The Hall–Kier alpha value is -3.52. The number of aryl methyl sites for hydroxylation is 2. The van der Waals surface area contributed by atoms with Crippen LogP contribution in [0.4, 0.5) is 17.1 Å². The number of rotatable bonds is 7. The van der Waals surface area contributed by atoms with Crippen molar-refractivity contribution < 1.29 is 18.3 Å². The lowest BCUT2D eigenvalue weighted by atomic mass is 10.1. The molecule has 4 rings (SSSR count). The number of sulfonamides is 1. The highest BCUT2D eigenvalue weighted by Crippen LogP contribution is 2.32. The number of hydrogen-bond donors (Lipinski definition) is 2. The van der Waals surface area contributed by atoms with E-state index in [9.17, 15) is 18.3 Å². The lowest BCUT2D eigenvalue weighted by molar-refractivity contribution is 0.0697. The second-order valence-electron chi connectivity index (χ2n) is 8.97. The van der Waals surface area contributed by atoms with Crippen molar-refractivity contribution >= 4 is 33.1 Å². The highest BCUT2D eigenvalue weighted by molar-refractivity contribution is 7.92. The lowest BCUT2D eigenvalue weighted by Crippen LogP contribution is -2.52. The largest absolute Gasteiger partial charge is 0.478 e. The van der Waals surface area contributed by atoms with E-state index < -0.39 is 16.0 Å². The van der Waals surface area contributed by atoms with Crippen LogP contribution in [0.5, 0.6) is 0 Å². The monoisotopic (exact) mass is 493 g/mol. The zero-order chi connectivity index (χ0) is 25.2. The van der Waals surface area contributed by atoms with E-state index in [0.717, 1.165) is 24.2 Å². The van der Waals surface area contributed by atoms with Gasteiger partial charge in [0.2, 0.25) is 0 Å². The number of piperazine rings is 1. The lowest BCUT2D eigenvalue weighted by Gasteiger charge is -2.43. The van der Waals surface area contributed by atoms with Crippen molar-refractivity contribution in [2.45, 2.75) is 38.1 Å². The van der Waals surface area contributed by atoms with Gasteiger partial charge in [-0.25, -0.2) is 13.2 Å². The van der Waals surface area contributed by atoms with Gasteiger partial charge in [0, 0.05) is 31.4 Å². The number of carbonyl (C=O) groups is 1. The highest BCUT2D eigenvalue weighted by Gasteiger charge is 2.27. The zero-order valence-electron chi connectivity index (χ0n) is 20.2. The van der Waals surface area contributed by atoms with E-state index in [0.29, 0.717) is 18.8 Å². The molecule has 1 heterocycles. The first-order valence-electron chi connectivity index (χ1n) is 11.8. The first kappa shape index (κ1) is 24.6. The Kier molecular flexibility index (Phi) is 7.03. The van der Waals surface area contributed by atoms with Gasteiger partial charge in [-0.2, -0.15) is 0 Å². The van der Waals surface area contributed by atoms with Gasteiger partial charge in [-0.15, -0.1) is 0 Å². The third kappa shape index (κ3) is 5.43. The van der Waals surface area contributed by atoms with Crippen molar-refractivity contribution in [1.82, 2.24) is 0 Å². The Bertz CT molecular complexity index is 1320. The summed E-state index contributed by atoms with van der Waals surface area (Å²) in [6.07, 6.45) is 0.811. The van der Waals surface area contributed by atoms with Gasteiger partial charge in [-0.1, -0.05) is 31.2 Å². The average Bonchev–Trinajstić information content (AvgIpc) is 2.83. The fraction of sp³-hybridized carbons (Fsp3) is 0.296. The van der Waals surface area contributed by atoms with Crippen LogP contribution < -0.4 is 14.5 Å². The minimum Gasteiger partial charge on any atom is -0.478 e. The maximum Gasteiger partial charge on any atom is 0.335 e. The first-order valence-corrected chi connectivity index (χ1v) is 13.2. The van der Waals surface area contributed by atoms with Gasteiger partial charge in [0.05, 0.1) is 21.8 Å². The summed E-state index contributed by atoms with van der Waals surface area (Å²) in [7, 11) is -3.89. The maximum absolute atomic E-state index is 13.2. The number of aromatic carboxylic acids is 1. The quantitative estimate of drug-likeness (QED) is 0.493. The molecule has 0 spiro atoms. The Labute approximate surface area is 207 Å². The van der Waals surface area contributed by atoms with Gasteiger partial charge in [-0.3, -0.25) is 4.72 Å². The third-order valence-electron chi connectivity index (χ3n) is 6.43. The van der Waals surface area contributed by atoms with Gasteiger partial charge in [-0.05, 0) is 73.9 Å². The van der Waals surface area contributed by atoms with Crippen molar-refractivity contribution in [2.75, 3.05) is 34.2 Å². The standard InChI is InChI=1S/C27H31N3O4S/c1-4-21-8-11-24(12-9-21)35(33,34)28-25-17-22(27(31)32)10-13-26(25)29-14-15-30(20(3)18-29)23-7-5-6-19(2)16-23/h5-13,16-17,20,28H,4,14-15,18H2,1-3H3,(H,31,32)/t20-/m1/s1. The Morgan fingerprint density at radius 3 is 2.43 bits per heavy atom. The number of anilines is 3. The van der Waals surface area contributed by atoms with Gasteiger partial charge < -0.3 is 14.9 Å². The molecular formula is C27H31N3O4S. The fourth-order valence-electron chi connectivity index (χ4n) is 4.50. The Morgan fingerprint density at radius 1 is 1.06 bits per heavy atom. The molecule has 184 valence electrons. The normalized spacial score (nSPS) is 16.3. The van der Waals surface area contributed by atoms with E-state index >= 15 is 0 Å². The minimum atomic E-state index is -3.89. The van der Waals surface area contributed by atoms with E-state index in [-0.39, 0.29) is 22.2 Å². The van der Waals surface area contributed by atoms with Crippen LogP contribution in [0.2, 0.25) is 0 Å². The SMILES string of the molecule is CCc1ccc(S(=O)(=O)Nc2cc(C(=O)O)ccc2N2CCN(c3cccc(C)c3)[C@H](C)C2)cc1. The molecule has 0 radical (unpaired) electrons. The summed E-state index contributed by atoms with van der Waals surface area (Å²) in [5, 5.41) is 9.51. The summed E-state index contributed by atoms with van der Waals surface area (Å²) in [6.45, 7) is 8.31. The second kappa shape index (κ2) is 10.00. The summed E-state index contributed by atoms with van der Waals surface area (Å²) < 4.78 is 29.0. The first-order chi connectivity index (χ1) is 16.7. The number of hydrogen-bond acceptors (Lipinski definition) is 5. The van der Waals surface area contributed by atoms with Gasteiger partial charge in [0.1, 0.15) is 0 Å². The predicted molar refractivity (Wildman–Crippen MR) is 140 cm³/mol. The van der Waals surface area contributed by atoms with Crippen molar-refractivity contribution in [3.8, 4) is 0 Å². The molecule has 0 aromatic heterocycles. The third-order valence-corrected chi connectivity index (χ3v) is 7.81. The summed E-state index contributed by atoms with van der Waals surface area (Å²) in [5.74, 6) is -1.11. The van der Waals surface area contributed by atoms with Crippen LogP contribution >= 0.6 is 0 Å². The van der Waals surface area contributed by atoms with Crippen LogP contribution in [0.3, 0.4) is 0 Å². The molecule has 3 aromatic rings. The highest BCUT2D eigenvalue weighted by atomic mass is 32.2. The molecule has 0 bridgehead atoms. The molecule has 1 aliphatic heterocycles. The number of carboxylic acid groups (broad SMARTS) is 1. The van der Waals surface area contributed by atoms with Crippen molar-refractivity contribution in [3.63, 3.8) is 0 Å². The molecule has 35 heavy (non-hydrogen) atoms. The number of benzene rings is 3. The summed E-state index contributed by atoms with van der Waals surface area (Å²) in [5.41, 5.74) is 4.36. The Balaban J connectivity index is 1.62. The predicted octanol–water partition coefficient (Wildman–Crippen LogP) is 4.77. The fourth-order valence-corrected chi connectivity index (χ4v) is 5.57. The molecule has 7 nitrogen and oxygen atoms in total. The maximum atomic E-state index is 13.2. The van der Waals surface area contributed by atoms with Crippen LogP contribution in [-0.4, -0.2) is 45.2 Å². The molecule has 8 heteroatoms.